The Bertz CT molecular complexity index is 925. The molecule has 0 bridgehead atoms. The van der Waals surface area contributed by atoms with Gasteiger partial charge in [0, 0.05) is 18.5 Å². The van der Waals surface area contributed by atoms with Crippen LogP contribution in [0.2, 0.25) is 0 Å². The van der Waals surface area contributed by atoms with Crippen molar-refractivity contribution >= 4 is 22.0 Å². The first-order valence-corrected chi connectivity index (χ1v) is 10.5. The van der Waals surface area contributed by atoms with Crippen LogP contribution in [0, 0.1) is 0 Å². The van der Waals surface area contributed by atoms with Gasteiger partial charge in [-0.05, 0) is 42.8 Å². The lowest BCUT2D eigenvalue weighted by molar-refractivity contribution is -0.116. The summed E-state index contributed by atoms with van der Waals surface area (Å²) in [7, 11) is -0.925. The Kier molecular flexibility index (Phi) is 7.78. The fraction of sp³-hybridized carbons (Fsp3) is 0.286. The number of nitrogens with one attached hydrogen (secondary N) is 2. The molecule has 0 aliphatic heterocycles. The highest BCUT2D eigenvalue weighted by Gasteiger charge is 2.17. The monoisotopic (exact) mass is 402 g/mol. The van der Waals surface area contributed by atoms with Gasteiger partial charge < -0.3 is 10.1 Å². The van der Waals surface area contributed by atoms with E-state index < -0.39 is 10.0 Å². The van der Waals surface area contributed by atoms with Crippen molar-refractivity contribution in [2.75, 3.05) is 20.7 Å². The van der Waals surface area contributed by atoms with Crippen molar-refractivity contribution in [3.05, 3.63) is 65.7 Å². The molecule has 1 unspecified atom stereocenters. The van der Waals surface area contributed by atoms with E-state index in [4.69, 9.17) is 4.74 Å². The van der Waals surface area contributed by atoms with Crippen molar-refractivity contribution in [1.29, 1.82) is 0 Å². The number of methoxy groups -OCH3 is 1. The van der Waals surface area contributed by atoms with E-state index >= 15 is 0 Å². The molecule has 2 aromatic rings. The molecule has 0 aliphatic rings. The summed E-state index contributed by atoms with van der Waals surface area (Å²) in [5, 5.41) is 2.90. The lowest BCUT2D eigenvalue weighted by Crippen LogP contribution is -2.26. The molecule has 7 heteroatoms. The summed E-state index contributed by atoms with van der Waals surface area (Å²) in [4.78, 5) is 12.2. The number of carbonyl (C=O) groups is 1. The van der Waals surface area contributed by atoms with Gasteiger partial charge in [-0.15, -0.1) is 0 Å². The van der Waals surface area contributed by atoms with Crippen molar-refractivity contribution in [2.24, 2.45) is 0 Å². The average Bonchev–Trinajstić information content (AvgIpc) is 2.73. The highest BCUT2D eigenvalue weighted by Crippen LogP contribution is 2.25. The second-order valence-electron chi connectivity index (χ2n) is 6.21. The quantitative estimate of drug-likeness (QED) is 0.632. The minimum atomic E-state index is -3.67. The summed E-state index contributed by atoms with van der Waals surface area (Å²) in [6.45, 7) is 2.62. The van der Waals surface area contributed by atoms with Crippen LogP contribution in [0.25, 0.3) is 6.08 Å². The third-order valence-corrected chi connectivity index (χ3v) is 5.90. The Balaban J connectivity index is 2.07. The Morgan fingerprint density at radius 2 is 1.89 bits per heavy atom. The minimum absolute atomic E-state index is 0.0233. The molecular formula is C21H26N2O4S. The number of amides is 1. The lowest BCUT2D eigenvalue weighted by atomic mass is 9.96. The third-order valence-electron chi connectivity index (χ3n) is 4.46. The zero-order valence-electron chi connectivity index (χ0n) is 16.3. The SMILES string of the molecule is CCC(CNC(=O)/C=C/c1ccc(OC)c(S(=O)(=O)NC)c1)c1ccccc1. The van der Waals surface area contributed by atoms with E-state index in [0.717, 1.165) is 6.42 Å². The molecule has 1 atom stereocenters. The lowest BCUT2D eigenvalue weighted by Gasteiger charge is -2.15. The van der Waals surface area contributed by atoms with Crippen LogP contribution in [-0.2, 0) is 14.8 Å². The zero-order chi connectivity index (χ0) is 20.6. The molecule has 6 nitrogen and oxygen atoms in total. The van der Waals surface area contributed by atoms with Gasteiger partial charge in [-0.2, -0.15) is 0 Å². The standard InChI is InChI=1S/C21H26N2O4S/c1-4-17(18-8-6-5-7-9-18)15-23-21(24)13-11-16-10-12-19(27-3)20(14-16)28(25,26)22-2/h5-14,17,22H,4,15H2,1-3H3,(H,23,24)/b13-11+. The van der Waals surface area contributed by atoms with Gasteiger partial charge in [-0.25, -0.2) is 13.1 Å². The number of hydrogen-bond acceptors (Lipinski definition) is 4. The van der Waals surface area contributed by atoms with Crippen molar-refractivity contribution < 1.29 is 17.9 Å². The predicted molar refractivity (Wildman–Crippen MR) is 111 cm³/mol. The van der Waals surface area contributed by atoms with Crippen LogP contribution >= 0.6 is 0 Å². The van der Waals surface area contributed by atoms with Gasteiger partial charge in [0.25, 0.3) is 0 Å². The smallest absolute Gasteiger partial charge is 0.244 e. The van der Waals surface area contributed by atoms with Crippen molar-refractivity contribution in [2.45, 2.75) is 24.2 Å². The molecule has 0 aromatic heterocycles. The Morgan fingerprint density at radius 1 is 1.18 bits per heavy atom. The molecule has 0 saturated carbocycles. The van der Waals surface area contributed by atoms with Crippen LogP contribution in [0.3, 0.4) is 0 Å². The molecule has 0 aliphatic carbocycles. The maximum absolute atomic E-state index is 12.2. The van der Waals surface area contributed by atoms with Crippen LogP contribution in [0.15, 0.2) is 59.5 Å². The molecule has 28 heavy (non-hydrogen) atoms. The first-order valence-electron chi connectivity index (χ1n) is 9.03. The van der Waals surface area contributed by atoms with E-state index in [1.807, 2.05) is 18.2 Å². The highest BCUT2D eigenvalue weighted by molar-refractivity contribution is 7.89. The highest BCUT2D eigenvalue weighted by atomic mass is 32.2. The maximum Gasteiger partial charge on any atom is 0.244 e. The Hall–Kier alpha value is -2.64. The zero-order valence-corrected chi connectivity index (χ0v) is 17.1. The number of hydrogen-bond donors (Lipinski definition) is 2. The first kappa shape index (κ1) is 21.7. The van der Waals surface area contributed by atoms with Gasteiger partial charge in [0.1, 0.15) is 10.6 Å². The fourth-order valence-corrected chi connectivity index (χ4v) is 3.72. The van der Waals surface area contributed by atoms with Gasteiger partial charge in [0.15, 0.2) is 0 Å². The topological polar surface area (TPSA) is 84.5 Å². The van der Waals surface area contributed by atoms with Crippen molar-refractivity contribution in [3.8, 4) is 5.75 Å². The van der Waals surface area contributed by atoms with Crippen molar-refractivity contribution in [1.82, 2.24) is 10.0 Å². The summed E-state index contributed by atoms with van der Waals surface area (Å²) >= 11 is 0. The van der Waals surface area contributed by atoms with Crippen LogP contribution in [-0.4, -0.2) is 35.0 Å². The summed E-state index contributed by atoms with van der Waals surface area (Å²) < 4.78 is 31.6. The normalized spacial score (nSPS) is 12.7. The number of benzene rings is 2. The number of carbonyl (C=O) groups excluding carboxylic acids is 1. The summed E-state index contributed by atoms with van der Waals surface area (Å²) in [5.41, 5.74) is 1.77. The van der Waals surface area contributed by atoms with Gasteiger partial charge >= 0.3 is 0 Å². The van der Waals surface area contributed by atoms with Gasteiger partial charge in [0.2, 0.25) is 15.9 Å². The molecule has 0 saturated heterocycles. The maximum atomic E-state index is 12.2. The summed E-state index contributed by atoms with van der Waals surface area (Å²) in [5.74, 6) is 0.250. The Labute approximate surface area is 166 Å². The number of sulfonamides is 1. The predicted octanol–water partition coefficient (Wildman–Crippen LogP) is 2.93. The minimum Gasteiger partial charge on any atom is -0.495 e. The molecule has 0 fully saturated rings. The molecule has 2 rings (SSSR count). The third kappa shape index (κ3) is 5.68. The van der Waals surface area contributed by atoms with E-state index in [1.54, 1.807) is 18.2 Å². The average molecular weight is 403 g/mol. The molecule has 2 aromatic carbocycles. The van der Waals surface area contributed by atoms with E-state index in [-0.39, 0.29) is 22.5 Å². The molecule has 0 spiro atoms. The molecule has 0 radical (unpaired) electrons. The van der Waals surface area contributed by atoms with Crippen LogP contribution in [0.1, 0.15) is 30.4 Å². The summed E-state index contributed by atoms with van der Waals surface area (Å²) in [6.07, 6.45) is 3.89. The largest absolute Gasteiger partial charge is 0.495 e. The molecular weight excluding hydrogens is 376 g/mol. The van der Waals surface area contributed by atoms with E-state index in [2.05, 4.69) is 29.1 Å². The van der Waals surface area contributed by atoms with Crippen LogP contribution < -0.4 is 14.8 Å². The van der Waals surface area contributed by atoms with E-state index in [1.165, 1.54) is 31.9 Å². The van der Waals surface area contributed by atoms with E-state index in [0.29, 0.717) is 12.1 Å². The number of rotatable bonds is 9. The molecule has 150 valence electrons. The number of ether oxygens (including phenoxy) is 1. The molecule has 2 N–H and O–H groups in total. The fourth-order valence-electron chi connectivity index (χ4n) is 2.79. The van der Waals surface area contributed by atoms with E-state index in [9.17, 15) is 13.2 Å². The van der Waals surface area contributed by atoms with Crippen LogP contribution in [0.4, 0.5) is 0 Å². The van der Waals surface area contributed by atoms with Crippen molar-refractivity contribution in [3.63, 3.8) is 0 Å². The molecule has 0 heterocycles. The Morgan fingerprint density at radius 3 is 2.50 bits per heavy atom. The first-order chi connectivity index (χ1) is 13.4. The van der Waals surface area contributed by atoms with Crippen LogP contribution in [0.5, 0.6) is 5.75 Å². The van der Waals surface area contributed by atoms with Gasteiger partial charge in [0.05, 0.1) is 7.11 Å². The van der Waals surface area contributed by atoms with Gasteiger partial charge in [-0.3, -0.25) is 4.79 Å². The second-order valence-corrected chi connectivity index (χ2v) is 8.07. The van der Waals surface area contributed by atoms with Gasteiger partial charge in [-0.1, -0.05) is 43.3 Å². The summed E-state index contributed by atoms with van der Waals surface area (Å²) in [6, 6.07) is 14.8. The molecule has 1 amide bonds. The second kappa shape index (κ2) is 10.1.